The van der Waals surface area contributed by atoms with E-state index in [0.717, 1.165) is 25.5 Å². The van der Waals surface area contributed by atoms with Crippen molar-refractivity contribution in [3.8, 4) is 0 Å². The van der Waals surface area contributed by atoms with Crippen molar-refractivity contribution in [2.24, 2.45) is 0 Å². The lowest BCUT2D eigenvalue weighted by molar-refractivity contribution is -0.00000547. The van der Waals surface area contributed by atoms with Gasteiger partial charge in [0.15, 0.2) is 5.82 Å². The Kier molecular flexibility index (Phi) is 6.40. The number of hydrogen-bond acceptors (Lipinski definition) is 7. The molecule has 0 bridgehead atoms. The van der Waals surface area contributed by atoms with Crippen LogP contribution in [0.4, 0.5) is 0 Å². The first-order chi connectivity index (χ1) is 11.9. The van der Waals surface area contributed by atoms with Gasteiger partial charge in [0.1, 0.15) is 6.04 Å². The van der Waals surface area contributed by atoms with Crippen molar-refractivity contribution < 1.29 is 17.1 Å². The Labute approximate surface area is 158 Å². The molecule has 2 aromatic rings. The zero-order valence-corrected chi connectivity index (χ0v) is 16.0. The summed E-state index contributed by atoms with van der Waals surface area (Å²) in [6.07, 6.45) is 2.63. The van der Waals surface area contributed by atoms with Crippen LogP contribution >= 0.6 is 11.3 Å². The molecule has 0 spiro atoms. The Bertz CT molecular complexity index is 651. The van der Waals surface area contributed by atoms with Crippen molar-refractivity contribution in [3.63, 3.8) is 0 Å². The number of methoxy groups -OCH3 is 1. The molecule has 0 amide bonds. The highest BCUT2D eigenvalue weighted by atomic mass is 35.5. The van der Waals surface area contributed by atoms with Gasteiger partial charge in [-0.3, -0.25) is 9.80 Å². The highest BCUT2D eigenvalue weighted by Crippen LogP contribution is 2.33. The third-order valence-corrected chi connectivity index (χ3v) is 6.03. The Morgan fingerprint density at radius 1 is 1.36 bits per heavy atom. The molecular formula is C16H24ClN6OS-. The van der Waals surface area contributed by atoms with E-state index in [1.165, 1.54) is 24.3 Å². The molecule has 0 N–H and O–H groups in total. The zero-order chi connectivity index (χ0) is 16.4. The highest BCUT2D eigenvalue weighted by molar-refractivity contribution is 7.10. The summed E-state index contributed by atoms with van der Waals surface area (Å²) in [6, 6.07) is 5.14. The van der Waals surface area contributed by atoms with Gasteiger partial charge < -0.3 is 17.1 Å². The summed E-state index contributed by atoms with van der Waals surface area (Å²) in [4.78, 5) is 6.51. The van der Waals surface area contributed by atoms with E-state index in [9.17, 15) is 0 Å². The van der Waals surface area contributed by atoms with Crippen LogP contribution < -0.4 is 12.4 Å². The summed E-state index contributed by atoms with van der Waals surface area (Å²) in [5, 5.41) is 14.7. The molecule has 0 aliphatic carbocycles. The van der Waals surface area contributed by atoms with Crippen LogP contribution in [0.3, 0.4) is 0 Å². The molecule has 2 saturated heterocycles. The van der Waals surface area contributed by atoms with Crippen LogP contribution in [0.1, 0.15) is 29.6 Å². The number of aromatic nitrogens is 4. The van der Waals surface area contributed by atoms with E-state index in [1.54, 1.807) is 18.4 Å². The van der Waals surface area contributed by atoms with Gasteiger partial charge in [-0.2, -0.15) is 0 Å². The second-order valence-electron chi connectivity index (χ2n) is 6.50. The minimum Gasteiger partial charge on any atom is -1.00 e. The van der Waals surface area contributed by atoms with Crippen LogP contribution in [-0.4, -0.2) is 75.9 Å². The SMILES string of the molecule is COCCn1nnnc1C(c1cccs1)N1CCN2CCCC2C1.[Cl-]. The summed E-state index contributed by atoms with van der Waals surface area (Å²) >= 11 is 1.79. The van der Waals surface area contributed by atoms with Crippen LogP contribution in [0.15, 0.2) is 17.5 Å². The Balaban J connectivity index is 0.00000182. The molecule has 0 radical (unpaired) electrons. The lowest BCUT2D eigenvalue weighted by atomic mass is 10.1. The molecule has 7 nitrogen and oxygen atoms in total. The molecule has 2 unspecified atom stereocenters. The number of fused-ring (bicyclic) bond motifs is 1. The number of hydrogen-bond donors (Lipinski definition) is 0. The number of halogens is 1. The molecule has 2 aliphatic rings. The van der Waals surface area contributed by atoms with E-state index in [-0.39, 0.29) is 18.4 Å². The second-order valence-corrected chi connectivity index (χ2v) is 7.48. The van der Waals surface area contributed by atoms with E-state index in [4.69, 9.17) is 4.74 Å². The Morgan fingerprint density at radius 2 is 2.28 bits per heavy atom. The van der Waals surface area contributed by atoms with Crippen LogP contribution in [0.2, 0.25) is 0 Å². The van der Waals surface area contributed by atoms with Gasteiger partial charge in [-0.1, -0.05) is 6.07 Å². The average molecular weight is 384 g/mol. The predicted octanol–water partition coefficient (Wildman–Crippen LogP) is -1.75. The lowest BCUT2D eigenvalue weighted by Crippen LogP contribution is -3.00. The standard InChI is InChI=1S/C16H24N6OS.ClH/c1-23-10-9-22-16(17-18-19-22)15(14-5-3-11-24-14)21-8-7-20-6-2-4-13(20)12-21;/h3,5,11,13,15H,2,4,6-10,12H2,1H3;1H/p-1. The van der Waals surface area contributed by atoms with Crippen molar-refractivity contribution in [3.05, 3.63) is 28.2 Å². The van der Waals surface area contributed by atoms with E-state index >= 15 is 0 Å². The first-order valence-electron chi connectivity index (χ1n) is 8.63. The van der Waals surface area contributed by atoms with Gasteiger partial charge in [-0.25, -0.2) is 4.68 Å². The van der Waals surface area contributed by atoms with Crippen LogP contribution in [0, 0.1) is 0 Å². The molecule has 2 fully saturated rings. The monoisotopic (exact) mass is 383 g/mol. The predicted molar refractivity (Wildman–Crippen MR) is 92.0 cm³/mol. The fraction of sp³-hybridized carbons (Fsp3) is 0.688. The maximum Gasteiger partial charge on any atom is 0.173 e. The zero-order valence-electron chi connectivity index (χ0n) is 14.4. The minimum absolute atomic E-state index is 0. The molecule has 2 aliphatic heterocycles. The number of thiophene rings is 1. The Morgan fingerprint density at radius 3 is 3.08 bits per heavy atom. The molecule has 25 heavy (non-hydrogen) atoms. The van der Waals surface area contributed by atoms with Crippen molar-refractivity contribution in [1.82, 2.24) is 30.0 Å². The van der Waals surface area contributed by atoms with E-state index < -0.39 is 0 Å². The fourth-order valence-corrected chi connectivity index (χ4v) is 4.77. The second kappa shape index (κ2) is 8.55. The molecule has 4 rings (SSSR count). The van der Waals surface area contributed by atoms with Crippen LogP contribution in [0.5, 0.6) is 0 Å². The van der Waals surface area contributed by atoms with E-state index in [2.05, 4.69) is 42.8 Å². The van der Waals surface area contributed by atoms with Gasteiger partial charge in [0.05, 0.1) is 13.2 Å². The first kappa shape index (κ1) is 18.7. The quantitative estimate of drug-likeness (QED) is 0.590. The van der Waals surface area contributed by atoms with Crippen molar-refractivity contribution in [2.75, 3.05) is 39.9 Å². The molecule has 2 aromatic heterocycles. The third-order valence-electron chi connectivity index (χ3n) is 5.11. The van der Waals surface area contributed by atoms with Gasteiger partial charge in [-0.15, -0.1) is 16.4 Å². The fourth-order valence-electron chi connectivity index (χ4n) is 3.91. The molecule has 9 heteroatoms. The topological polar surface area (TPSA) is 59.3 Å². The highest BCUT2D eigenvalue weighted by Gasteiger charge is 2.36. The largest absolute Gasteiger partial charge is 1.00 e. The lowest BCUT2D eigenvalue weighted by Gasteiger charge is -2.40. The molecule has 0 saturated carbocycles. The summed E-state index contributed by atoms with van der Waals surface area (Å²) in [5.41, 5.74) is 0. The normalized spacial score (nSPS) is 22.5. The summed E-state index contributed by atoms with van der Waals surface area (Å²) in [5.74, 6) is 0.931. The third kappa shape index (κ3) is 3.88. The van der Waals surface area contributed by atoms with Crippen LogP contribution in [0.25, 0.3) is 0 Å². The van der Waals surface area contributed by atoms with Gasteiger partial charge in [0, 0.05) is 37.7 Å². The minimum atomic E-state index is 0. The van der Waals surface area contributed by atoms with Crippen LogP contribution in [-0.2, 0) is 11.3 Å². The molecule has 2 atom stereocenters. The summed E-state index contributed by atoms with van der Waals surface area (Å²) in [6.45, 7) is 5.87. The summed E-state index contributed by atoms with van der Waals surface area (Å²) in [7, 11) is 1.71. The van der Waals surface area contributed by atoms with Gasteiger partial charge in [0.2, 0.25) is 0 Å². The van der Waals surface area contributed by atoms with Crippen molar-refractivity contribution in [1.29, 1.82) is 0 Å². The molecular weight excluding hydrogens is 360 g/mol. The Hall–Kier alpha value is -1.06. The number of rotatable bonds is 6. The maximum absolute atomic E-state index is 5.21. The number of tetrazole rings is 1. The summed E-state index contributed by atoms with van der Waals surface area (Å²) < 4.78 is 7.11. The number of nitrogens with zero attached hydrogens (tertiary/aromatic N) is 6. The smallest absolute Gasteiger partial charge is 0.173 e. The maximum atomic E-state index is 5.21. The van der Waals surface area contributed by atoms with Gasteiger partial charge in [-0.05, 0) is 41.3 Å². The van der Waals surface area contributed by atoms with Crippen molar-refractivity contribution in [2.45, 2.75) is 31.5 Å². The molecule has 138 valence electrons. The molecule has 4 heterocycles. The first-order valence-corrected chi connectivity index (χ1v) is 9.51. The number of piperazine rings is 1. The van der Waals surface area contributed by atoms with E-state index in [0.29, 0.717) is 19.2 Å². The van der Waals surface area contributed by atoms with Gasteiger partial charge in [0.25, 0.3) is 0 Å². The van der Waals surface area contributed by atoms with E-state index in [1.807, 2.05) is 4.68 Å². The van der Waals surface area contributed by atoms with Gasteiger partial charge >= 0.3 is 0 Å². The average Bonchev–Trinajstić information content (AvgIpc) is 3.35. The van der Waals surface area contributed by atoms with Crippen molar-refractivity contribution >= 4 is 11.3 Å². The number of ether oxygens (including phenoxy) is 1. The molecule has 0 aromatic carbocycles.